The number of ether oxygens (including phenoxy) is 1. The number of rotatable bonds is 5. The summed E-state index contributed by atoms with van der Waals surface area (Å²) in [6, 6.07) is 8.33. The molecule has 0 aromatic heterocycles. The van der Waals surface area contributed by atoms with Gasteiger partial charge in [0.1, 0.15) is 0 Å². The van der Waals surface area contributed by atoms with Crippen molar-refractivity contribution in [2.24, 2.45) is 11.8 Å². The molecule has 7 heteroatoms. The SMILES string of the molecule is CCOC(=O)N1CCC[C@@H](C(=O)NC[C@H]2CCN(c3cccc(Br)c3)C2)C1. The Hall–Kier alpha value is -1.76. The lowest BCUT2D eigenvalue weighted by Gasteiger charge is -2.31. The van der Waals surface area contributed by atoms with Gasteiger partial charge in [0.2, 0.25) is 5.91 Å². The van der Waals surface area contributed by atoms with E-state index in [1.165, 1.54) is 5.69 Å². The van der Waals surface area contributed by atoms with Crippen LogP contribution in [0.2, 0.25) is 0 Å². The first-order valence-corrected chi connectivity index (χ1v) is 10.6. The Balaban J connectivity index is 1.45. The maximum atomic E-state index is 12.6. The van der Waals surface area contributed by atoms with Crippen molar-refractivity contribution in [2.45, 2.75) is 26.2 Å². The van der Waals surface area contributed by atoms with E-state index in [2.05, 4.69) is 38.3 Å². The molecule has 0 radical (unpaired) electrons. The molecule has 0 bridgehead atoms. The fraction of sp³-hybridized carbons (Fsp3) is 0.600. The molecule has 1 aromatic carbocycles. The minimum Gasteiger partial charge on any atom is -0.450 e. The summed E-state index contributed by atoms with van der Waals surface area (Å²) in [5.41, 5.74) is 1.22. The lowest BCUT2D eigenvalue weighted by molar-refractivity contribution is -0.126. The summed E-state index contributed by atoms with van der Waals surface area (Å²) >= 11 is 3.52. The Labute approximate surface area is 169 Å². The normalized spacial score (nSPS) is 22.6. The molecule has 2 fully saturated rings. The summed E-state index contributed by atoms with van der Waals surface area (Å²) in [7, 11) is 0. The standard InChI is InChI=1S/C20H28BrN3O3/c1-2-27-20(26)24-9-4-5-16(14-24)19(25)22-12-15-8-10-23(13-15)18-7-3-6-17(21)11-18/h3,6-7,11,15-16H,2,4-5,8-10,12-14H2,1H3,(H,22,25)/t15-,16-/m1/s1. The van der Waals surface area contributed by atoms with Gasteiger partial charge in [0.15, 0.2) is 0 Å². The molecule has 2 heterocycles. The summed E-state index contributed by atoms with van der Waals surface area (Å²) in [5, 5.41) is 3.12. The number of hydrogen-bond acceptors (Lipinski definition) is 4. The van der Waals surface area contributed by atoms with Crippen LogP contribution in [0, 0.1) is 11.8 Å². The number of halogens is 1. The van der Waals surface area contributed by atoms with Gasteiger partial charge in [0.25, 0.3) is 0 Å². The molecule has 1 N–H and O–H groups in total. The predicted molar refractivity (Wildman–Crippen MR) is 109 cm³/mol. The van der Waals surface area contributed by atoms with Crippen LogP contribution in [0.15, 0.2) is 28.7 Å². The van der Waals surface area contributed by atoms with E-state index in [-0.39, 0.29) is 17.9 Å². The highest BCUT2D eigenvalue weighted by Gasteiger charge is 2.30. The number of piperidine rings is 1. The molecule has 6 nitrogen and oxygen atoms in total. The largest absolute Gasteiger partial charge is 0.450 e. The van der Waals surface area contributed by atoms with Crippen LogP contribution in [0.4, 0.5) is 10.5 Å². The highest BCUT2D eigenvalue weighted by Crippen LogP contribution is 2.26. The van der Waals surface area contributed by atoms with E-state index < -0.39 is 0 Å². The summed E-state index contributed by atoms with van der Waals surface area (Å²) in [6.45, 7) is 5.95. The molecule has 148 valence electrons. The lowest BCUT2D eigenvalue weighted by atomic mass is 9.97. The van der Waals surface area contributed by atoms with Gasteiger partial charge in [0, 0.05) is 42.9 Å². The van der Waals surface area contributed by atoms with E-state index in [4.69, 9.17) is 4.74 Å². The van der Waals surface area contributed by atoms with Gasteiger partial charge < -0.3 is 19.9 Å². The van der Waals surface area contributed by atoms with Crippen molar-refractivity contribution in [1.82, 2.24) is 10.2 Å². The van der Waals surface area contributed by atoms with Gasteiger partial charge in [-0.1, -0.05) is 22.0 Å². The molecule has 2 aliphatic rings. The van der Waals surface area contributed by atoms with E-state index in [0.29, 0.717) is 32.2 Å². The number of anilines is 1. The van der Waals surface area contributed by atoms with E-state index >= 15 is 0 Å². The maximum absolute atomic E-state index is 12.6. The molecule has 2 saturated heterocycles. The number of nitrogens with one attached hydrogen (secondary N) is 1. The monoisotopic (exact) mass is 437 g/mol. The first kappa shape index (κ1) is 20.0. The summed E-state index contributed by atoms with van der Waals surface area (Å²) in [4.78, 5) is 28.5. The van der Waals surface area contributed by atoms with Crippen molar-refractivity contribution in [3.63, 3.8) is 0 Å². The van der Waals surface area contributed by atoms with Crippen LogP contribution in [-0.2, 0) is 9.53 Å². The number of hydrogen-bond donors (Lipinski definition) is 1. The molecule has 3 rings (SSSR count). The van der Waals surface area contributed by atoms with Crippen LogP contribution < -0.4 is 10.2 Å². The highest BCUT2D eigenvalue weighted by molar-refractivity contribution is 9.10. The van der Waals surface area contributed by atoms with Gasteiger partial charge in [-0.3, -0.25) is 4.79 Å². The molecule has 0 spiro atoms. The predicted octanol–water partition coefficient (Wildman–Crippen LogP) is 3.26. The second kappa shape index (κ2) is 9.44. The number of amides is 2. The molecular weight excluding hydrogens is 410 g/mol. The third-order valence-electron chi connectivity index (χ3n) is 5.34. The zero-order chi connectivity index (χ0) is 19.2. The van der Waals surface area contributed by atoms with Gasteiger partial charge in [-0.15, -0.1) is 0 Å². The Morgan fingerprint density at radius 3 is 2.89 bits per heavy atom. The second-order valence-corrected chi connectivity index (χ2v) is 8.23. The smallest absolute Gasteiger partial charge is 0.409 e. The van der Waals surface area contributed by atoms with Crippen LogP contribution in [0.5, 0.6) is 0 Å². The van der Waals surface area contributed by atoms with E-state index in [1.807, 2.05) is 12.1 Å². The molecule has 2 aliphatic heterocycles. The topological polar surface area (TPSA) is 61.9 Å². The number of carbonyl (C=O) groups is 2. The van der Waals surface area contributed by atoms with Gasteiger partial charge in [-0.05, 0) is 50.3 Å². The zero-order valence-electron chi connectivity index (χ0n) is 15.8. The van der Waals surface area contributed by atoms with E-state index in [0.717, 1.165) is 36.8 Å². The average Bonchev–Trinajstić information content (AvgIpc) is 3.15. The molecule has 0 saturated carbocycles. The van der Waals surface area contributed by atoms with Crippen molar-refractivity contribution in [1.29, 1.82) is 0 Å². The summed E-state index contributed by atoms with van der Waals surface area (Å²) in [5.74, 6) is 0.383. The maximum Gasteiger partial charge on any atom is 0.409 e. The van der Waals surface area contributed by atoms with Gasteiger partial charge in [-0.2, -0.15) is 0 Å². The van der Waals surface area contributed by atoms with Crippen LogP contribution in [0.1, 0.15) is 26.2 Å². The Bertz CT molecular complexity index is 670. The Kier molecular flexibility index (Phi) is 6.99. The van der Waals surface area contributed by atoms with Crippen molar-refractivity contribution < 1.29 is 14.3 Å². The van der Waals surface area contributed by atoms with Gasteiger partial charge in [0.05, 0.1) is 12.5 Å². The molecule has 27 heavy (non-hydrogen) atoms. The lowest BCUT2D eigenvalue weighted by Crippen LogP contribution is -2.46. The van der Waals surface area contributed by atoms with Crippen molar-refractivity contribution in [3.05, 3.63) is 28.7 Å². The Morgan fingerprint density at radius 2 is 2.11 bits per heavy atom. The molecular formula is C20H28BrN3O3. The highest BCUT2D eigenvalue weighted by atomic mass is 79.9. The first-order chi connectivity index (χ1) is 13.1. The van der Waals surface area contributed by atoms with Crippen LogP contribution in [0.3, 0.4) is 0 Å². The van der Waals surface area contributed by atoms with Crippen LogP contribution >= 0.6 is 15.9 Å². The molecule has 2 amide bonds. The number of benzene rings is 1. The quantitative estimate of drug-likeness (QED) is 0.767. The minimum atomic E-state index is -0.310. The van der Waals surface area contributed by atoms with Crippen molar-refractivity contribution >= 4 is 33.6 Å². The number of likely N-dealkylation sites (tertiary alicyclic amines) is 1. The van der Waals surface area contributed by atoms with Crippen molar-refractivity contribution in [3.8, 4) is 0 Å². The third-order valence-corrected chi connectivity index (χ3v) is 5.84. The van der Waals surface area contributed by atoms with E-state index in [1.54, 1.807) is 11.8 Å². The molecule has 0 unspecified atom stereocenters. The molecule has 1 aromatic rings. The first-order valence-electron chi connectivity index (χ1n) is 9.76. The minimum absolute atomic E-state index is 0.0601. The van der Waals surface area contributed by atoms with E-state index in [9.17, 15) is 9.59 Å². The van der Waals surface area contributed by atoms with Crippen molar-refractivity contribution in [2.75, 3.05) is 44.2 Å². The number of carbonyl (C=O) groups excluding carboxylic acids is 2. The van der Waals surface area contributed by atoms with Gasteiger partial charge >= 0.3 is 6.09 Å². The second-order valence-electron chi connectivity index (χ2n) is 7.31. The molecule has 0 aliphatic carbocycles. The third kappa shape index (κ3) is 5.37. The fourth-order valence-electron chi connectivity index (χ4n) is 3.87. The number of nitrogens with zero attached hydrogens (tertiary/aromatic N) is 2. The van der Waals surface area contributed by atoms with Crippen LogP contribution in [0.25, 0.3) is 0 Å². The average molecular weight is 438 g/mol. The van der Waals surface area contributed by atoms with Gasteiger partial charge in [-0.25, -0.2) is 4.79 Å². The Morgan fingerprint density at radius 1 is 1.26 bits per heavy atom. The molecule has 2 atom stereocenters. The zero-order valence-corrected chi connectivity index (χ0v) is 17.4. The summed E-state index contributed by atoms with van der Waals surface area (Å²) in [6.07, 6.45) is 2.44. The summed E-state index contributed by atoms with van der Waals surface area (Å²) < 4.78 is 6.14. The fourth-order valence-corrected chi connectivity index (χ4v) is 4.25. The van der Waals surface area contributed by atoms with Crippen LogP contribution in [-0.4, -0.2) is 56.2 Å².